The SMILES string of the molecule is CCCCc1nc(Cl)c(C(=O)NCC(=O)O[C@H]2CO[C@H]3[C@@H]2OC[C@H]3O[N+](=O)[O-])n1Cc1ccc(-c2ccccc2-c2nn[nH]n2)cc1. The topological polar surface area (TPSA) is 199 Å². The molecule has 2 aliphatic rings. The van der Waals surface area contributed by atoms with Crippen LogP contribution in [0.5, 0.6) is 0 Å². The summed E-state index contributed by atoms with van der Waals surface area (Å²) in [4.78, 5) is 45.9. The van der Waals surface area contributed by atoms with E-state index in [1.807, 2.05) is 48.5 Å². The van der Waals surface area contributed by atoms with E-state index in [0.717, 1.165) is 35.1 Å². The Labute approximate surface area is 272 Å². The van der Waals surface area contributed by atoms with Gasteiger partial charge in [0.25, 0.3) is 11.0 Å². The average molecular weight is 667 g/mol. The number of unbranched alkanes of at least 4 members (excludes halogenated alkanes) is 1. The largest absolute Gasteiger partial charge is 0.456 e. The van der Waals surface area contributed by atoms with E-state index in [9.17, 15) is 19.7 Å². The van der Waals surface area contributed by atoms with Gasteiger partial charge in [-0.15, -0.1) is 20.3 Å². The number of benzene rings is 2. The van der Waals surface area contributed by atoms with Gasteiger partial charge >= 0.3 is 5.97 Å². The first-order chi connectivity index (χ1) is 22.8. The van der Waals surface area contributed by atoms with Gasteiger partial charge in [0, 0.05) is 18.5 Å². The van der Waals surface area contributed by atoms with Crippen LogP contribution < -0.4 is 5.32 Å². The number of esters is 1. The first-order valence-corrected chi connectivity index (χ1v) is 15.4. The fraction of sp³-hybridized carbons (Fsp3) is 0.400. The summed E-state index contributed by atoms with van der Waals surface area (Å²) >= 11 is 6.50. The van der Waals surface area contributed by atoms with Crippen molar-refractivity contribution in [1.82, 2.24) is 35.5 Å². The van der Waals surface area contributed by atoms with E-state index < -0.39 is 47.9 Å². The van der Waals surface area contributed by atoms with Crippen LogP contribution in [-0.2, 0) is 36.8 Å². The molecule has 246 valence electrons. The van der Waals surface area contributed by atoms with Gasteiger partial charge in [0.2, 0.25) is 5.82 Å². The van der Waals surface area contributed by atoms with E-state index in [2.05, 4.69) is 42.7 Å². The van der Waals surface area contributed by atoms with Crippen molar-refractivity contribution in [3.8, 4) is 22.5 Å². The molecule has 2 saturated heterocycles. The number of hydrogen-bond donors (Lipinski definition) is 2. The molecule has 4 atom stereocenters. The normalized spacial score (nSPS) is 20.1. The number of amides is 1. The number of aryl methyl sites for hydroxylation is 1. The lowest BCUT2D eigenvalue weighted by atomic mass is 9.98. The zero-order chi connectivity index (χ0) is 32.9. The van der Waals surface area contributed by atoms with Gasteiger partial charge in [-0.25, -0.2) is 4.98 Å². The molecular formula is C30H31ClN8O8. The van der Waals surface area contributed by atoms with E-state index >= 15 is 0 Å². The highest BCUT2D eigenvalue weighted by molar-refractivity contribution is 6.32. The highest BCUT2D eigenvalue weighted by Crippen LogP contribution is 2.32. The Bertz CT molecular complexity index is 1730. The minimum absolute atomic E-state index is 0.0204. The van der Waals surface area contributed by atoms with E-state index in [1.54, 1.807) is 4.57 Å². The summed E-state index contributed by atoms with van der Waals surface area (Å²) in [7, 11) is 0. The van der Waals surface area contributed by atoms with E-state index in [0.29, 0.717) is 24.6 Å². The van der Waals surface area contributed by atoms with Gasteiger partial charge in [0.1, 0.15) is 30.3 Å². The van der Waals surface area contributed by atoms with Crippen LogP contribution >= 0.6 is 11.6 Å². The summed E-state index contributed by atoms with van der Waals surface area (Å²) in [6.45, 7) is 1.82. The standard InChI is InChI=1S/C30H31ClN8O8/c1-2-3-8-23-33-28(31)25(30(41)32-13-24(40)46-21-15-44-27-22(47-39(42)43)16-45-26(21)27)38(23)14-17-9-11-18(12-10-17)19-6-4-5-7-20(19)29-34-36-37-35-29/h4-7,9-12,21-22,26-27H,2-3,8,13-16H2,1H3,(H,32,41)(H,34,35,36,37)/t21-,22+,26+,27+/m0/s1. The minimum atomic E-state index is -0.911. The molecule has 4 heterocycles. The van der Waals surface area contributed by atoms with Crippen LogP contribution in [0.25, 0.3) is 22.5 Å². The molecule has 16 nitrogen and oxygen atoms in total. The number of aromatic nitrogens is 6. The number of ether oxygens (including phenoxy) is 3. The smallest absolute Gasteiger partial charge is 0.325 e. The Morgan fingerprint density at radius 2 is 1.83 bits per heavy atom. The minimum Gasteiger partial charge on any atom is -0.456 e. The number of imidazole rings is 1. The van der Waals surface area contributed by atoms with Crippen molar-refractivity contribution in [3.05, 3.63) is 80.9 Å². The third-order valence-electron chi connectivity index (χ3n) is 7.95. The quantitative estimate of drug-likeness (QED) is 0.120. The summed E-state index contributed by atoms with van der Waals surface area (Å²) in [5, 5.41) is 26.8. The Morgan fingerprint density at radius 3 is 2.53 bits per heavy atom. The molecule has 0 radical (unpaired) electrons. The van der Waals surface area contributed by atoms with Crippen LogP contribution in [0.3, 0.4) is 0 Å². The third-order valence-corrected chi connectivity index (χ3v) is 8.22. The van der Waals surface area contributed by atoms with Crippen LogP contribution in [0.2, 0.25) is 5.15 Å². The Hall–Kier alpha value is -4.93. The molecule has 0 unspecified atom stereocenters. The zero-order valence-electron chi connectivity index (χ0n) is 25.2. The van der Waals surface area contributed by atoms with Crippen molar-refractivity contribution in [2.75, 3.05) is 19.8 Å². The fourth-order valence-electron chi connectivity index (χ4n) is 5.74. The predicted octanol–water partition coefficient (Wildman–Crippen LogP) is 2.79. The molecule has 0 bridgehead atoms. The second-order valence-electron chi connectivity index (χ2n) is 11.0. The maximum Gasteiger partial charge on any atom is 0.325 e. The molecule has 2 aromatic carbocycles. The maximum absolute atomic E-state index is 13.4. The molecular weight excluding hydrogens is 636 g/mol. The van der Waals surface area contributed by atoms with Crippen LogP contribution in [0.4, 0.5) is 0 Å². The van der Waals surface area contributed by atoms with Crippen molar-refractivity contribution >= 4 is 23.5 Å². The van der Waals surface area contributed by atoms with Crippen LogP contribution in [0.15, 0.2) is 48.5 Å². The fourth-order valence-corrected chi connectivity index (χ4v) is 6.02. The molecule has 2 aromatic heterocycles. The summed E-state index contributed by atoms with van der Waals surface area (Å²) in [5.74, 6) is -0.193. The van der Waals surface area contributed by atoms with Crippen molar-refractivity contribution in [2.24, 2.45) is 0 Å². The number of H-pyrrole nitrogens is 1. The zero-order valence-corrected chi connectivity index (χ0v) is 26.0. The number of tetrazole rings is 1. The van der Waals surface area contributed by atoms with Gasteiger partial charge in [-0.3, -0.25) is 9.59 Å². The Balaban J connectivity index is 1.13. The van der Waals surface area contributed by atoms with E-state index in [4.69, 9.17) is 25.8 Å². The van der Waals surface area contributed by atoms with Gasteiger partial charge in [-0.1, -0.05) is 73.5 Å². The first kappa shape index (κ1) is 32.0. The lowest BCUT2D eigenvalue weighted by Gasteiger charge is -2.17. The summed E-state index contributed by atoms with van der Waals surface area (Å²) in [6.07, 6.45) is -0.803. The summed E-state index contributed by atoms with van der Waals surface area (Å²) in [5.41, 5.74) is 3.74. The highest BCUT2D eigenvalue weighted by Gasteiger charge is 2.51. The van der Waals surface area contributed by atoms with Gasteiger partial charge in [-0.2, -0.15) is 5.21 Å². The number of aromatic amines is 1. The van der Waals surface area contributed by atoms with E-state index in [1.165, 1.54) is 0 Å². The van der Waals surface area contributed by atoms with Crippen molar-refractivity contribution in [3.63, 3.8) is 0 Å². The second kappa shape index (κ2) is 14.2. The number of carbonyl (C=O) groups excluding carboxylic acids is 2. The molecule has 47 heavy (non-hydrogen) atoms. The highest BCUT2D eigenvalue weighted by atomic mass is 35.5. The van der Waals surface area contributed by atoms with Crippen LogP contribution in [0.1, 0.15) is 41.6 Å². The average Bonchev–Trinajstić information content (AvgIpc) is 3.87. The number of halogens is 1. The van der Waals surface area contributed by atoms with Crippen LogP contribution in [0, 0.1) is 10.1 Å². The monoisotopic (exact) mass is 666 g/mol. The van der Waals surface area contributed by atoms with Crippen molar-refractivity contribution in [2.45, 2.75) is 57.1 Å². The molecule has 2 fully saturated rings. The molecule has 17 heteroatoms. The number of carbonyl (C=O) groups is 2. The van der Waals surface area contributed by atoms with Gasteiger partial charge in [0.05, 0.1) is 13.2 Å². The van der Waals surface area contributed by atoms with Crippen molar-refractivity contribution < 1.29 is 33.7 Å². The molecule has 0 spiro atoms. The maximum atomic E-state index is 13.4. The molecule has 6 rings (SSSR count). The summed E-state index contributed by atoms with van der Waals surface area (Å²) in [6, 6.07) is 15.6. The Kier molecular flexibility index (Phi) is 9.70. The molecule has 0 saturated carbocycles. The molecule has 2 N–H and O–H groups in total. The lowest BCUT2D eigenvalue weighted by Crippen LogP contribution is -2.38. The molecule has 0 aliphatic carbocycles. The number of nitrogens with zero attached hydrogens (tertiary/aromatic N) is 6. The van der Waals surface area contributed by atoms with Gasteiger partial charge < -0.3 is 28.9 Å². The lowest BCUT2D eigenvalue weighted by molar-refractivity contribution is -0.769. The number of rotatable bonds is 13. The Morgan fingerprint density at radius 1 is 1.11 bits per heavy atom. The molecule has 1 amide bonds. The van der Waals surface area contributed by atoms with Crippen LogP contribution in [-0.4, -0.2) is 91.3 Å². The number of hydrogen-bond acceptors (Lipinski definition) is 12. The third kappa shape index (κ3) is 7.08. The molecule has 4 aromatic rings. The molecule has 2 aliphatic heterocycles. The van der Waals surface area contributed by atoms with Gasteiger partial charge in [-0.05, 0) is 28.3 Å². The second-order valence-corrected chi connectivity index (χ2v) is 11.4. The number of fused-ring (bicyclic) bond motifs is 1. The predicted molar refractivity (Wildman–Crippen MR) is 164 cm³/mol. The number of nitrogens with one attached hydrogen (secondary N) is 2. The van der Waals surface area contributed by atoms with Crippen molar-refractivity contribution in [1.29, 1.82) is 0 Å². The first-order valence-electron chi connectivity index (χ1n) is 15.0. The summed E-state index contributed by atoms with van der Waals surface area (Å²) < 4.78 is 18.3. The van der Waals surface area contributed by atoms with Gasteiger partial charge in [0.15, 0.2) is 17.4 Å². The van der Waals surface area contributed by atoms with E-state index in [-0.39, 0.29) is 24.1 Å².